The Balaban J connectivity index is 2.62. The molecule has 0 spiro atoms. The van der Waals surface area contributed by atoms with E-state index in [2.05, 4.69) is 5.32 Å². The van der Waals surface area contributed by atoms with Crippen LogP contribution < -0.4 is 11.1 Å². The molecule has 10 heteroatoms. The van der Waals surface area contributed by atoms with Gasteiger partial charge < -0.3 is 41.3 Å². The standard InChI is InChI=1S/C10H18N2O8/c11-3(9(17)18)1-5(14)12-6-8(16)7(15)4(2-13)20-10(6)19/h3-4,6-8,10,13,15-16,19H,1-2,11H2,(H,12,14)(H,17,18). The van der Waals surface area contributed by atoms with Crippen molar-refractivity contribution in [2.45, 2.75) is 43.1 Å². The Bertz CT molecular complexity index is 365. The summed E-state index contributed by atoms with van der Waals surface area (Å²) in [7, 11) is 0. The summed E-state index contributed by atoms with van der Waals surface area (Å²) in [5.74, 6) is -2.21. The van der Waals surface area contributed by atoms with E-state index in [9.17, 15) is 24.9 Å². The van der Waals surface area contributed by atoms with Crippen LogP contribution in [0.4, 0.5) is 0 Å². The second-order valence-electron chi connectivity index (χ2n) is 4.47. The number of hydrogen-bond acceptors (Lipinski definition) is 8. The highest BCUT2D eigenvalue weighted by Crippen LogP contribution is 2.19. The monoisotopic (exact) mass is 294 g/mol. The van der Waals surface area contributed by atoms with Gasteiger partial charge in [0, 0.05) is 0 Å². The molecule has 1 aliphatic rings. The maximum Gasteiger partial charge on any atom is 0.321 e. The molecule has 1 saturated heterocycles. The number of aliphatic hydroxyl groups is 4. The highest BCUT2D eigenvalue weighted by atomic mass is 16.6. The van der Waals surface area contributed by atoms with Crippen molar-refractivity contribution in [3.8, 4) is 0 Å². The van der Waals surface area contributed by atoms with Crippen LogP contribution in [0.25, 0.3) is 0 Å². The Hall–Kier alpha value is -1.30. The summed E-state index contributed by atoms with van der Waals surface area (Å²) >= 11 is 0. The third-order valence-electron chi connectivity index (χ3n) is 2.95. The lowest BCUT2D eigenvalue weighted by Crippen LogP contribution is -2.64. The molecule has 0 bridgehead atoms. The number of rotatable bonds is 5. The number of nitrogens with two attached hydrogens (primary N) is 1. The molecule has 116 valence electrons. The van der Waals surface area contributed by atoms with E-state index >= 15 is 0 Å². The molecule has 0 aliphatic carbocycles. The molecule has 0 aromatic carbocycles. The average Bonchev–Trinajstić information content (AvgIpc) is 2.38. The molecule has 1 aliphatic heterocycles. The molecule has 10 nitrogen and oxygen atoms in total. The molecule has 0 radical (unpaired) electrons. The van der Waals surface area contributed by atoms with Crippen molar-refractivity contribution < 1.29 is 39.9 Å². The number of nitrogens with one attached hydrogen (secondary N) is 1. The normalized spacial score (nSPS) is 35.4. The number of aliphatic hydroxyl groups excluding tert-OH is 4. The van der Waals surface area contributed by atoms with E-state index in [0.717, 1.165) is 0 Å². The number of carboxylic acids is 1. The van der Waals surface area contributed by atoms with Gasteiger partial charge >= 0.3 is 5.97 Å². The van der Waals surface area contributed by atoms with E-state index in [0.29, 0.717) is 0 Å². The average molecular weight is 294 g/mol. The maximum absolute atomic E-state index is 11.5. The molecule has 1 heterocycles. The quantitative estimate of drug-likeness (QED) is 0.263. The molecule has 0 aromatic rings. The number of carbonyl (C=O) groups excluding carboxylic acids is 1. The van der Waals surface area contributed by atoms with Crippen LogP contribution in [0.1, 0.15) is 6.42 Å². The third-order valence-corrected chi connectivity index (χ3v) is 2.95. The first-order valence-electron chi connectivity index (χ1n) is 5.86. The smallest absolute Gasteiger partial charge is 0.321 e. The zero-order chi connectivity index (χ0) is 15.4. The summed E-state index contributed by atoms with van der Waals surface area (Å²) in [4.78, 5) is 22.0. The van der Waals surface area contributed by atoms with Crippen LogP contribution in [0.15, 0.2) is 0 Å². The van der Waals surface area contributed by atoms with E-state index in [-0.39, 0.29) is 0 Å². The van der Waals surface area contributed by atoms with E-state index in [1.165, 1.54) is 0 Å². The summed E-state index contributed by atoms with van der Waals surface area (Å²) in [6, 6.07) is -2.79. The number of aliphatic carboxylic acids is 1. The molecule has 6 atom stereocenters. The van der Waals surface area contributed by atoms with E-state index < -0.39 is 61.6 Å². The van der Waals surface area contributed by atoms with E-state index in [1.54, 1.807) is 0 Å². The Kier molecular flexibility index (Phi) is 5.80. The molecular formula is C10H18N2O8. The van der Waals surface area contributed by atoms with Gasteiger partial charge in [-0.2, -0.15) is 0 Å². The predicted molar refractivity (Wildman–Crippen MR) is 62.1 cm³/mol. The Morgan fingerprint density at radius 2 is 1.85 bits per heavy atom. The van der Waals surface area contributed by atoms with Crippen LogP contribution in [0, 0.1) is 0 Å². The number of ether oxygens (including phenoxy) is 1. The minimum Gasteiger partial charge on any atom is -0.480 e. The number of carboxylic acid groups (broad SMARTS) is 1. The summed E-state index contributed by atoms with van der Waals surface area (Å²) in [6.45, 7) is -0.625. The van der Waals surface area contributed by atoms with Gasteiger partial charge in [0.15, 0.2) is 6.29 Å². The molecule has 1 fully saturated rings. The van der Waals surface area contributed by atoms with Crippen LogP contribution in [-0.2, 0) is 14.3 Å². The van der Waals surface area contributed by atoms with Crippen molar-refractivity contribution in [2.24, 2.45) is 5.73 Å². The van der Waals surface area contributed by atoms with Crippen molar-refractivity contribution in [2.75, 3.05) is 6.61 Å². The number of amides is 1. The first kappa shape index (κ1) is 16.8. The summed E-state index contributed by atoms with van der Waals surface area (Å²) in [6.07, 6.45) is -6.50. The van der Waals surface area contributed by atoms with Crippen molar-refractivity contribution in [1.29, 1.82) is 0 Å². The first-order valence-corrected chi connectivity index (χ1v) is 5.86. The SMILES string of the molecule is NC(CC(=O)NC1C(O)OC(CO)C(O)C1O)C(=O)O. The fourth-order valence-corrected chi connectivity index (χ4v) is 1.78. The largest absolute Gasteiger partial charge is 0.480 e. The van der Waals surface area contributed by atoms with Gasteiger partial charge in [-0.15, -0.1) is 0 Å². The van der Waals surface area contributed by atoms with E-state index in [1.807, 2.05) is 0 Å². The molecule has 0 saturated carbocycles. The van der Waals surface area contributed by atoms with Gasteiger partial charge in [0.1, 0.15) is 30.4 Å². The fourth-order valence-electron chi connectivity index (χ4n) is 1.78. The van der Waals surface area contributed by atoms with Crippen molar-refractivity contribution in [3.05, 3.63) is 0 Å². The van der Waals surface area contributed by atoms with Crippen LogP contribution in [0.2, 0.25) is 0 Å². The lowest BCUT2D eigenvalue weighted by atomic mass is 9.97. The zero-order valence-electron chi connectivity index (χ0n) is 10.4. The van der Waals surface area contributed by atoms with Crippen molar-refractivity contribution >= 4 is 11.9 Å². The summed E-state index contributed by atoms with van der Waals surface area (Å²) < 4.78 is 4.82. The lowest BCUT2D eigenvalue weighted by molar-refractivity contribution is -0.253. The summed E-state index contributed by atoms with van der Waals surface area (Å²) in [5.41, 5.74) is 5.16. The molecule has 8 N–H and O–H groups in total. The third kappa shape index (κ3) is 3.85. The van der Waals surface area contributed by atoms with Crippen molar-refractivity contribution in [3.63, 3.8) is 0 Å². The molecular weight excluding hydrogens is 276 g/mol. The van der Waals surface area contributed by atoms with Crippen LogP contribution in [0.5, 0.6) is 0 Å². The molecule has 0 aromatic heterocycles. The van der Waals surface area contributed by atoms with Crippen LogP contribution in [0.3, 0.4) is 0 Å². The maximum atomic E-state index is 11.5. The zero-order valence-corrected chi connectivity index (χ0v) is 10.4. The predicted octanol–water partition coefficient (Wildman–Crippen LogP) is -4.30. The fraction of sp³-hybridized carbons (Fsp3) is 0.800. The van der Waals surface area contributed by atoms with Gasteiger partial charge in [0.05, 0.1) is 13.0 Å². The summed E-state index contributed by atoms with van der Waals surface area (Å²) in [5, 5.41) is 48.5. The van der Waals surface area contributed by atoms with E-state index in [4.69, 9.17) is 20.7 Å². The number of carbonyl (C=O) groups is 2. The Labute approximate surface area is 113 Å². The van der Waals surface area contributed by atoms with Crippen LogP contribution >= 0.6 is 0 Å². The highest BCUT2D eigenvalue weighted by Gasteiger charge is 2.44. The van der Waals surface area contributed by atoms with Gasteiger partial charge in [-0.05, 0) is 0 Å². The molecule has 1 amide bonds. The van der Waals surface area contributed by atoms with Gasteiger partial charge in [0.25, 0.3) is 0 Å². The van der Waals surface area contributed by atoms with Gasteiger partial charge in [0.2, 0.25) is 5.91 Å². The molecule has 20 heavy (non-hydrogen) atoms. The van der Waals surface area contributed by atoms with Crippen molar-refractivity contribution in [1.82, 2.24) is 5.32 Å². The second-order valence-corrected chi connectivity index (χ2v) is 4.47. The minimum atomic E-state index is -1.66. The topological polar surface area (TPSA) is 183 Å². The number of hydrogen-bond donors (Lipinski definition) is 7. The second kappa shape index (κ2) is 6.92. The minimum absolute atomic E-state index is 0.565. The lowest BCUT2D eigenvalue weighted by Gasteiger charge is -2.40. The Morgan fingerprint density at radius 1 is 1.25 bits per heavy atom. The Morgan fingerprint density at radius 3 is 2.35 bits per heavy atom. The van der Waals surface area contributed by atoms with Gasteiger partial charge in [-0.25, -0.2) is 0 Å². The first-order chi connectivity index (χ1) is 9.27. The highest BCUT2D eigenvalue weighted by molar-refractivity contribution is 5.84. The van der Waals surface area contributed by atoms with Gasteiger partial charge in [-0.3, -0.25) is 9.59 Å². The van der Waals surface area contributed by atoms with Gasteiger partial charge in [-0.1, -0.05) is 0 Å². The molecule has 6 unspecified atom stereocenters. The molecule has 1 rings (SSSR count). The van der Waals surface area contributed by atoms with Crippen LogP contribution in [-0.4, -0.2) is 80.7 Å².